The van der Waals surface area contributed by atoms with E-state index in [0.29, 0.717) is 0 Å². The lowest BCUT2D eigenvalue weighted by Crippen LogP contribution is -2.56. The zero-order valence-corrected chi connectivity index (χ0v) is 7.55. The van der Waals surface area contributed by atoms with Crippen molar-refractivity contribution in [1.29, 1.82) is 0 Å². The van der Waals surface area contributed by atoms with Crippen molar-refractivity contribution in [2.24, 2.45) is 0 Å². The number of imidazole rings is 1. The van der Waals surface area contributed by atoms with Crippen LogP contribution in [0, 0.1) is 0 Å². The van der Waals surface area contributed by atoms with E-state index in [9.17, 15) is 0 Å². The molecule has 0 atom stereocenters. The fourth-order valence-corrected chi connectivity index (χ4v) is 1.76. The lowest BCUT2D eigenvalue weighted by molar-refractivity contribution is 0.109. The van der Waals surface area contributed by atoms with Crippen LogP contribution in [0.4, 0.5) is 0 Å². The Morgan fingerprint density at radius 1 is 1.27 bits per heavy atom. The molecule has 0 spiro atoms. The molecule has 2 heterocycles. The molecule has 2 rings (SSSR count). The maximum atomic E-state index is 4.14. The second-order valence-corrected chi connectivity index (χ2v) is 4.33. The van der Waals surface area contributed by atoms with Crippen molar-refractivity contribution >= 4 is 0 Å². The minimum atomic E-state index is 0.235. The van der Waals surface area contributed by atoms with E-state index in [0.717, 1.165) is 0 Å². The average molecular weight is 150 g/mol. The Labute approximate surface area is 67.3 Å². The predicted molar refractivity (Wildman–Crippen MR) is 44.6 cm³/mol. The number of fused-ring (bicyclic) bond motifs is 1. The zero-order valence-electron chi connectivity index (χ0n) is 7.55. The Morgan fingerprint density at radius 2 is 1.91 bits per heavy atom. The zero-order chi connectivity index (χ0) is 8.28. The van der Waals surface area contributed by atoms with Gasteiger partial charge in [0.1, 0.15) is 0 Å². The molecule has 1 aliphatic heterocycles. The van der Waals surface area contributed by atoms with Gasteiger partial charge in [0, 0.05) is 17.3 Å². The topological polar surface area (TPSA) is 17.8 Å². The summed E-state index contributed by atoms with van der Waals surface area (Å²) in [6.07, 6.45) is 3.88. The highest BCUT2D eigenvalue weighted by atomic mass is 15.2. The number of aromatic nitrogens is 2. The van der Waals surface area contributed by atoms with Gasteiger partial charge in [-0.25, -0.2) is 4.98 Å². The highest BCUT2D eigenvalue weighted by molar-refractivity contribution is 5.29. The van der Waals surface area contributed by atoms with Crippen LogP contribution in [0.2, 0.25) is 0 Å². The molecule has 0 saturated heterocycles. The standard InChI is InChI=1S/C9H14N2/c1-8(2)7-5-10-6-11(7)9(8,3)4/h5-6H,1-4H3. The molecular formula is C9H14N2. The molecule has 0 unspecified atom stereocenters. The van der Waals surface area contributed by atoms with Crippen molar-refractivity contribution in [2.45, 2.75) is 38.6 Å². The van der Waals surface area contributed by atoms with E-state index in [1.807, 2.05) is 12.5 Å². The van der Waals surface area contributed by atoms with Crippen LogP contribution < -0.4 is 0 Å². The molecule has 0 saturated carbocycles. The summed E-state index contributed by atoms with van der Waals surface area (Å²) < 4.78 is 2.24. The summed E-state index contributed by atoms with van der Waals surface area (Å²) in [5, 5.41) is 0. The second kappa shape index (κ2) is 1.52. The Balaban J connectivity index is 2.63. The first-order valence-electron chi connectivity index (χ1n) is 4.01. The van der Waals surface area contributed by atoms with Gasteiger partial charge < -0.3 is 4.57 Å². The maximum absolute atomic E-state index is 4.14. The SMILES string of the molecule is CC1(C)c2cncn2C1(C)C. The van der Waals surface area contributed by atoms with Crippen LogP contribution in [0.15, 0.2) is 12.5 Å². The average Bonchev–Trinajstić information content (AvgIpc) is 2.32. The molecule has 2 nitrogen and oxygen atoms in total. The van der Waals surface area contributed by atoms with Crippen LogP contribution in [0.25, 0.3) is 0 Å². The van der Waals surface area contributed by atoms with Crippen molar-refractivity contribution in [3.05, 3.63) is 18.2 Å². The Kier molecular flexibility index (Phi) is 0.952. The fraction of sp³-hybridized carbons (Fsp3) is 0.667. The molecular weight excluding hydrogens is 136 g/mol. The van der Waals surface area contributed by atoms with E-state index in [1.54, 1.807) is 0 Å². The Bertz CT molecular complexity index is 266. The molecule has 60 valence electrons. The molecule has 0 aliphatic carbocycles. The van der Waals surface area contributed by atoms with Gasteiger partial charge in [0.2, 0.25) is 0 Å². The largest absolute Gasteiger partial charge is 0.327 e. The van der Waals surface area contributed by atoms with Crippen molar-refractivity contribution in [3.63, 3.8) is 0 Å². The van der Waals surface area contributed by atoms with Crippen LogP contribution in [0.5, 0.6) is 0 Å². The first-order valence-corrected chi connectivity index (χ1v) is 4.01. The summed E-state index contributed by atoms with van der Waals surface area (Å²) in [6.45, 7) is 9.04. The van der Waals surface area contributed by atoms with E-state index in [2.05, 4.69) is 37.2 Å². The quantitative estimate of drug-likeness (QED) is 0.552. The normalized spacial score (nSPS) is 24.0. The van der Waals surface area contributed by atoms with E-state index < -0.39 is 0 Å². The summed E-state index contributed by atoms with van der Waals surface area (Å²) in [5.41, 5.74) is 1.87. The van der Waals surface area contributed by atoms with Crippen LogP contribution in [0.3, 0.4) is 0 Å². The van der Waals surface area contributed by atoms with E-state index in [1.165, 1.54) is 5.69 Å². The molecule has 0 radical (unpaired) electrons. The molecule has 0 N–H and O–H groups in total. The Morgan fingerprint density at radius 3 is 2.45 bits per heavy atom. The summed E-state index contributed by atoms with van der Waals surface area (Å²) in [5.74, 6) is 0. The first-order chi connectivity index (χ1) is 4.98. The van der Waals surface area contributed by atoms with E-state index in [-0.39, 0.29) is 11.0 Å². The summed E-state index contributed by atoms with van der Waals surface area (Å²) in [4.78, 5) is 4.14. The maximum Gasteiger partial charge on any atom is 0.0953 e. The molecule has 1 aromatic heterocycles. The monoisotopic (exact) mass is 150 g/mol. The van der Waals surface area contributed by atoms with Crippen LogP contribution in [0.1, 0.15) is 33.4 Å². The lowest BCUT2D eigenvalue weighted by Gasteiger charge is -2.53. The summed E-state index contributed by atoms with van der Waals surface area (Å²) in [6, 6.07) is 0. The highest BCUT2D eigenvalue weighted by Crippen LogP contribution is 2.49. The van der Waals surface area contributed by atoms with Crippen molar-refractivity contribution in [3.8, 4) is 0 Å². The third kappa shape index (κ3) is 0.525. The molecule has 2 heteroatoms. The fourth-order valence-electron chi connectivity index (χ4n) is 1.76. The van der Waals surface area contributed by atoms with E-state index in [4.69, 9.17) is 0 Å². The summed E-state index contributed by atoms with van der Waals surface area (Å²) in [7, 11) is 0. The van der Waals surface area contributed by atoms with Gasteiger partial charge in [0.15, 0.2) is 0 Å². The van der Waals surface area contributed by atoms with Gasteiger partial charge in [-0.15, -0.1) is 0 Å². The minimum Gasteiger partial charge on any atom is -0.327 e. The number of rotatable bonds is 0. The molecule has 0 amide bonds. The van der Waals surface area contributed by atoms with Crippen LogP contribution >= 0.6 is 0 Å². The van der Waals surface area contributed by atoms with E-state index >= 15 is 0 Å². The van der Waals surface area contributed by atoms with Gasteiger partial charge in [0.05, 0.1) is 11.9 Å². The van der Waals surface area contributed by atoms with Gasteiger partial charge in [-0.3, -0.25) is 0 Å². The molecule has 0 fully saturated rings. The lowest BCUT2D eigenvalue weighted by atomic mass is 9.66. The number of nitrogens with zero attached hydrogens (tertiary/aromatic N) is 2. The Hall–Kier alpha value is -0.790. The first kappa shape index (κ1) is 6.89. The smallest absolute Gasteiger partial charge is 0.0953 e. The van der Waals surface area contributed by atoms with Gasteiger partial charge in [-0.1, -0.05) is 13.8 Å². The molecule has 11 heavy (non-hydrogen) atoms. The minimum absolute atomic E-state index is 0.235. The van der Waals surface area contributed by atoms with Gasteiger partial charge >= 0.3 is 0 Å². The molecule has 0 aromatic carbocycles. The predicted octanol–water partition coefficient (Wildman–Crippen LogP) is 1.91. The third-order valence-corrected chi connectivity index (χ3v) is 3.41. The highest BCUT2D eigenvalue weighted by Gasteiger charge is 2.51. The van der Waals surface area contributed by atoms with Crippen LogP contribution in [-0.4, -0.2) is 9.55 Å². The van der Waals surface area contributed by atoms with Crippen molar-refractivity contribution < 1.29 is 0 Å². The molecule has 1 aromatic rings. The van der Waals surface area contributed by atoms with Crippen molar-refractivity contribution in [1.82, 2.24) is 9.55 Å². The van der Waals surface area contributed by atoms with Gasteiger partial charge in [-0.2, -0.15) is 0 Å². The molecule has 1 aliphatic rings. The third-order valence-electron chi connectivity index (χ3n) is 3.41. The molecule has 0 bridgehead atoms. The number of hydrogen-bond donors (Lipinski definition) is 0. The van der Waals surface area contributed by atoms with Gasteiger partial charge in [-0.05, 0) is 13.8 Å². The van der Waals surface area contributed by atoms with Gasteiger partial charge in [0.25, 0.3) is 0 Å². The van der Waals surface area contributed by atoms with Crippen molar-refractivity contribution in [2.75, 3.05) is 0 Å². The number of hydrogen-bond acceptors (Lipinski definition) is 1. The van der Waals surface area contributed by atoms with Crippen LogP contribution in [-0.2, 0) is 11.0 Å². The second-order valence-electron chi connectivity index (χ2n) is 4.33. The summed E-state index contributed by atoms with van der Waals surface area (Å²) >= 11 is 0.